The molecule has 2 N–H and O–H groups in total. The summed E-state index contributed by atoms with van der Waals surface area (Å²) in [5.74, 6) is -0.0837. The first kappa shape index (κ1) is 16.8. The van der Waals surface area contributed by atoms with Gasteiger partial charge in [0, 0.05) is 11.5 Å². The second-order valence-corrected chi connectivity index (χ2v) is 6.78. The molecule has 5 nitrogen and oxygen atoms in total. The average molecular weight is 281 g/mol. The summed E-state index contributed by atoms with van der Waals surface area (Å²) in [7, 11) is 0. The van der Waals surface area contributed by atoms with Gasteiger partial charge in [0.2, 0.25) is 0 Å². The van der Waals surface area contributed by atoms with Crippen LogP contribution in [0, 0.1) is 5.41 Å². The predicted molar refractivity (Wildman–Crippen MR) is 80.6 cm³/mol. The summed E-state index contributed by atoms with van der Waals surface area (Å²) in [6.45, 7) is 10.6. The van der Waals surface area contributed by atoms with Crippen LogP contribution in [0.1, 0.15) is 53.9 Å². The molecule has 20 heavy (non-hydrogen) atoms. The maximum atomic E-state index is 12.2. The van der Waals surface area contributed by atoms with E-state index in [1.54, 1.807) is 0 Å². The number of Topliss-reactive ketones (excluding diaryl/α,β-unsaturated/α-hetero) is 1. The molecule has 0 aromatic carbocycles. The molecule has 1 amide bonds. The lowest BCUT2D eigenvalue weighted by atomic mass is 9.89. The van der Waals surface area contributed by atoms with Crippen molar-refractivity contribution in [2.45, 2.75) is 66.0 Å². The maximum absolute atomic E-state index is 12.2. The number of amidine groups is 1. The quantitative estimate of drug-likeness (QED) is 0.629. The van der Waals surface area contributed by atoms with Crippen molar-refractivity contribution in [3.8, 4) is 0 Å². The van der Waals surface area contributed by atoms with Crippen LogP contribution in [0.5, 0.6) is 0 Å². The Balaban J connectivity index is 2.68. The molecule has 0 aromatic rings. The molecule has 1 unspecified atom stereocenters. The molecular weight excluding hydrogens is 254 g/mol. The molecule has 1 heterocycles. The van der Waals surface area contributed by atoms with Gasteiger partial charge in [-0.25, -0.2) is 0 Å². The fourth-order valence-electron chi connectivity index (χ4n) is 2.36. The van der Waals surface area contributed by atoms with Crippen LogP contribution in [0.2, 0.25) is 0 Å². The molecule has 1 atom stereocenters. The van der Waals surface area contributed by atoms with Gasteiger partial charge < -0.3 is 5.73 Å². The second-order valence-electron chi connectivity index (χ2n) is 6.78. The van der Waals surface area contributed by atoms with Gasteiger partial charge in [0.1, 0.15) is 11.6 Å². The SMILES string of the molecule is CC(C)N1CCCC1C(=O)N=C(N)CC(=O)C(C)(C)C. The molecule has 0 bridgehead atoms. The highest BCUT2D eigenvalue weighted by Gasteiger charge is 2.32. The Hall–Kier alpha value is -1.23. The zero-order valence-electron chi connectivity index (χ0n) is 13.3. The van der Waals surface area contributed by atoms with Crippen molar-refractivity contribution in [2.24, 2.45) is 16.1 Å². The number of nitrogens with two attached hydrogens (primary N) is 1. The first-order valence-electron chi connectivity index (χ1n) is 7.29. The van der Waals surface area contributed by atoms with Crippen LogP contribution >= 0.6 is 0 Å². The largest absolute Gasteiger partial charge is 0.387 e. The molecule has 0 aromatic heterocycles. The highest BCUT2D eigenvalue weighted by Crippen LogP contribution is 2.21. The van der Waals surface area contributed by atoms with Crippen LogP contribution in [0.4, 0.5) is 0 Å². The second kappa shape index (κ2) is 6.48. The number of hydrogen-bond donors (Lipinski definition) is 1. The van der Waals surface area contributed by atoms with Crippen LogP contribution < -0.4 is 5.73 Å². The summed E-state index contributed by atoms with van der Waals surface area (Å²) < 4.78 is 0. The van der Waals surface area contributed by atoms with Gasteiger partial charge in [0.15, 0.2) is 0 Å². The van der Waals surface area contributed by atoms with E-state index < -0.39 is 5.41 Å². The Morgan fingerprint density at radius 3 is 2.45 bits per heavy atom. The maximum Gasteiger partial charge on any atom is 0.264 e. The van der Waals surface area contributed by atoms with Crippen LogP contribution in [-0.4, -0.2) is 41.1 Å². The minimum Gasteiger partial charge on any atom is -0.387 e. The van der Waals surface area contributed by atoms with E-state index in [9.17, 15) is 9.59 Å². The van der Waals surface area contributed by atoms with E-state index in [-0.39, 0.29) is 30.0 Å². The van der Waals surface area contributed by atoms with Crippen molar-refractivity contribution in [1.82, 2.24) is 4.90 Å². The smallest absolute Gasteiger partial charge is 0.264 e. The molecule has 1 saturated heterocycles. The Kier molecular flexibility index (Phi) is 5.45. The predicted octanol–water partition coefficient (Wildman–Crippen LogP) is 1.75. The number of aliphatic imine (C=N–C) groups is 1. The van der Waals surface area contributed by atoms with E-state index in [4.69, 9.17) is 5.73 Å². The molecule has 0 saturated carbocycles. The summed E-state index contributed by atoms with van der Waals surface area (Å²) in [6, 6.07) is 0.136. The molecular formula is C15H27N3O2. The Bertz CT molecular complexity index is 408. The summed E-state index contributed by atoms with van der Waals surface area (Å²) in [4.78, 5) is 30.1. The molecule has 5 heteroatoms. The molecule has 0 aliphatic carbocycles. The van der Waals surface area contributed by atoms with E-state index in [1.165, 1.54) is 0 Å². The van der Waals surface area contributed by atoms with E-state index in [2.05, 4.69) is 23.7 Å². The van der Waals surface area contributed by atoms with E-state index in [1.807, 2.05) is 20.8 Å². The number of rotatable bonds is 4. The van der Waals surface area contributed by atoms with Crippen molar-refractivity contribution in [3.63, 3.8) is 0 Å². The van der Waals surface area contributed by atoms with Crippen molar-refractivity contribution >= 4 is 17.5 Å². The Labute approximate surface area is 121 Å². The lowest BCUT2D eigenvalue weighted by Crippen LogP contribution is -2.40. The molecule has 1 aliphatic rings. The van der Waals surface area contributed by atoms with Crippen molar-refractivity contribution < 1.29 is 9.59 Å². The minimum absolute atomic E-state index is 0.00122. The molecule has 0 spiro atoms. The molecule has 1 rings (SSSR count). The number of carbonyl (C=O) groups excluding carboxylic acids is 2. The van der Waals surface area contributed by atoms with Gasteiger partial charge in [0.25, 0.3) is 5.91 Å². The monoisotopic (exact) mass is 281 g/mol. The Morgan fingerprint density at radius 2 is 1.95 bits per heavy atom. The molecule has 0 radical (unpaired) electrons. The van der Waals surface area contributed by atoms with Crippen LogP contribution in [-0.2, 0) is 9.59 Å². The van der Waals surface area contributed by atoms with Crippen LogP contribution in [0.15, 0.2) is 4.99 Å². The van der Waals surface area contributed by atoms with Gasteiger partial charge in [0.05, 0.1) is 12.5 Å². The van der Waals surface area contributed by atoms with E-state index in [0.717, 1.165) is 19.4 Å². The highest BCUT2D eigenvalue weighted by atomic mass is 16.2. The molecule has 1 aliphatic heterocycles. The summed E-state index contributed by atoms with van der Waals surface area (Å²) >= 11 is 0. The number of hydrogen-bond acceptors (Lipinski definition) is 3. The highest BCUT2D eigenvalue weighted by molar-refractivity contribution is 6.06. The third-order valence-electron chi connectivity index (χ3n) is 3.67. The molecule has 1 fully saturated rings. The van der Waals surface area contributed by atoms with E-state index in [0.29, 0.717) is 6.04 Å². The number of amides is 1. The van der Waals surface area contributed by atoms with Crippen molar-refractivity contribution in [3.05, 3.63) is 0 Å². The fraction of sp³-hybridized carbons (Fsp3) is 0.800. The molecule has 114 valence electrons. The topological polar surface area (TPSA) is 75.8 Å². The third kappa shape index (κ3) is 4.40. The number of likely N-dealkylation sites (tertiary alicyclic amines) is 1. The first-order chi connectivity index (χ1) is 9.12. The van der Waals surface area contributed by atoms with Crippen LogP contribution in [0.25, 0.3) is 0 Å². The van der Waals surface area contributed by atoms with Gasteiger partial charge in [-0.05, 0) is 33.2 Å². The number of ketones is 1. The van der Waals surface area contributed by atoms with E-state index >= 15 is 0 Å². The number of nitrogens with zero attached hydrogens (tertiary/aromatic N) is 2. The average Bonchev–Trinajstić information content (AvgIpc) is 2.75. The van der Waals surface area contributed by atoms with Gasteiger partial charge in [-0.2, -0.15) is 4.99 Å². The zero-order chi connectivity index (χ0) is 15.5. The van der Waals surface area contributed by atoms with Crippen molar-refractivity contribution in [2.75, 3.05) is 6.54 Å². The zero-order valence-corrected chi connectivity index (χ0v) is 13.3. The van der Waals surface area contributed by atoms with Gasteiger partial charge >= 0.3 is 0 Å². The van der Waals surface area contributed by atoms with Gasteiger partial charge in [-0.3, -0.25) is 14.5 Å². The van der Waals surface area contributed by atoms with Gasteiger partial charge in [-0.1, -0.05) is 20.8 Å². The van der Waals surface area contributed by atoms with Crippen LogP contribution in [0.3, 0.4) is 0 Å². The lowest BCUT2D eigenvalue weighted by molar-refractivity contribution is -0.125. The van der Waals surface area contributed by atoms with Crippen molar-refractivity contribution in [1.29, 1.82) is 0 Å². The first-order valence-corrected chi connectivity index (χ1v) is 7.29. The fourth-order valence-corrected chi connectivity index (χ4v) is 2.36. The summed E-state index contributed by atoms with van der Waals surface area (Å²) in [5.41, 5.74) is 5.29. The lowest BCUT2D eigenvalue weighted by Gasteiger charge is -2.25. The minimum atomic E-state index is -0.458. The summed E-state index contributed by atoms with van der Waals surface area (Å²) in [6.07, 6.45) is 1.87. The summed E-state index contributed by atoms with van der Waals surface area (Å²) in [5, 5.41) is 0. The van der Waals surface area contributed by atoms with Gasteiger partial charge in [-0.15, -0.1) is 0 Å². The number of carbonyl (C=O) groups is 2. The Morgan fingerprint density at radius 1 is 1.35 bits per heavy atom. The normalized spacial score (nSPS) is 21.5. The standard InChI is InChI=1S/C15H27N3O2/c1-10(2)18-8-6-7-11(18)14(20)17-13(16)9-12(19)15(3,4)5/h10-11H,6-9H2,1-5H3,(H2,16,17,20). The third-order valence-corrected chi connectivity index (χ3v) is 3.67.